The molecule has 0 aromatic heterocycles. The molecule has 0 spiro atoms. The van der Waals surface area contributed by atoms with Gasteiger partial charge in [-0.15, -0.1) is 5.06 Å². The summed E-state index contributed by atoms with van der Waals surface area (Å²) in [6.45, 7) is 7.23. The second-order valence-corrected chi connectivity index (χ2v) is 5.37. The van der Waals surface area contributed by atoms with Gasteiger partial charge in [-0.1, -0.05) is 0 Å². The minimum atomic E-state index is -0.792. The van der Waals surface area contributed by atoms with E-state index in [-0.39, 0.29) is 11.9 Å². The van der Waals surface area contributed by atoms with Gasteiger partial charge in [-0.05, 0) is 20.8 Å². The zero-order valence-electron chi connectivity index (χ0n) is 11.2. The van der Waals surface area contributed by atoms with Crippen molar-refractivity contribution in [2.75, 3.05) is 6.61 Å². The second kappa shape index (κ2) is 4.20. The molecular formula is C12H19NO5. The van der Waals surface area contributed by atoms with Crippen molar-refractivity contribution in [3.05, 3.63) is 0 Å². The van der Waals surface area contributed by atoms with E-state index in [4.69, 9.17) is 14.3 Å². The van der Waals surface area contributed by atoms with Crippen LogP contribution in [0.25, 0.3) is 0 Å². The molecule has 0 radical (unpaired) electrons. The predicted molar refractivity (Wildman–Crippen MR) is 61.2 cm³/mol. The van der Waals surface area contributed by atoms with Crippen LogP contribution in [0.3, 0.4) is 0 Å². The number of esters is 2. The summed E-state index contributed by atoms with van der Waals surface area (Å²) in [6, 6.07) is 0. The third-order valence-corrected chi connectivity index (χ3v) is 3.22. The fourth-order valence-corrected chi connectivity index (χ4v) is 2.72. The summed E-state index contributed by atoms with van der Waals surface area (Å²) in [5.41, 5.74) is -1.25. The first-order valence-corrected chi connectivity index (χ1v) is 6.14. The van der Waals surface area contributed by atoms with Gasteiger partial charge in [0.05, 0.1) is 12.2 Å². The van der Waals surface area contributed by atoms with E-state index in [1.54, 1.807) is 6.92 Å². The number of ether oxygens (including phenoxy) is 2. The summed E-state index contributed by atoms with van der Waals surface area (Å²) in [5.74, 6) is -0.690. The van der Waals surface area contributed by atoms with Gasteiger partial charge in [0.25, 0.3) is 0 Å². The van der Waals surface area contributed by atoms with Gasteiger partial charge in [0.2, 0.25) is 0 Å². The first-order chi connectivity index (χ1) is 8.31. The molecule has 0 aromatic carbocycles. The fourth-order valence-electron chi connectivity index (χ4n) is 2.72. The number of hydrogen-bond acceptors (Lipinski definition) is 6. The Bertz CT molecular complexity index is 381. The summed E-state index contributed by atoms with van der Waals surface area (Å²) in [7, 11) is 0. The Morgan fingerprint density at radius 3 is 2.67 bits per heavy atom. The number of fused-ring (bicyclic) bond motifs is 1. The average molecular weight is 257 g/mol. The molecule has 2 aliphatic rings. The molecule has 0 bridgehead atoms. The number of rotatable bonds is 3. The van der Waals surface area contributed by atoms with Crippen LogP contribution in [0.4, 0.5) is 0 Å². The first-order valence-electron chi connectivity index (χ1n) is 6.14. The lowest BCUT2D eigenvalue weighted by Crippen LogP contribution is -2.67. The molecule has 2 atom stereocenters. The second-order valence-electron chi connectivity index (χ2n) is 5.37. The molecule has 2 saturated heterocycles. The van der Waals surface area contributed by atoms with Crippen molar-refractivity contribution < 1.29 is 23.9 Å². The summed E-state index contributed by atoms with van der Waals surface area (Å²) in [4.78, 5) is 28.7. The smallest absolute Gasteiger partial charge is 0.329 e. The highest BCUT2D eigenvalue weighted by atomic mass is 16.8. The lowest BCUT2D eigenvalue weighted by molar-refractivity contribution is -0.333. The Hall–Kier alpha value is -1.14. The molecule has 18 heavy (non-hydrogen) atoms. The van der Waals surface area contributed by atoms with Gasteiger partial charge in [-0.3, -0.25) is 9.63 Å². The quantitative estimate of drug-likeness (QED) is 0.703. The molecular weight excluding hydrogens is 238 g/mol. The maximum atomic E-state index is 12.1. The van der Waals surface area contributed by atoms with E-state index in [0.29, 0.717) is 19.4 Å². The van der Waals surface area contributed by atoms with Crippen molar-refractivity contribution in [1.29, 1.82) is 0 Å². The summed E-state index contributed by atoms with van der Waals surface area (Å²) >= 11 is 0. The molecule has 2 aliphatic heterocycles. The molecule has 2 rings (SSSR count). The number of carbonyl (C=O) groups excluding carboxylic acids is 2. The number of nitrogens with zero attached hydrogens (tertiary/aromatic N) is 1. The van der Waals surface area contributed by atoms with E-state index in [2.05, 4.69) is 0 Å². The molecule has 6 nitrogen and oxygen atoms in total. The molecule has 0 N–H and O–H groups in total. The average Bonchev–Trinajstić information content (AvgIpc) is 2.45. The van der Waals surface area contributed by atoms with Gasteiger partial charge >= 0.3 is 11.9 Å². The summed E-state index contributed by atoms with van der Waals surface area (Å²) in [6.07, 6.45) is 0.472. The van der Waals surface area contributed by atoms with Crippen LogP contribution in [0.1, 0.15) is 40.5 Å². The van der Waals surface area contributed by atoms with E-state index in [9.17, 15) is 9.59 Å². The van der Waals surface area contributed by atoms with Gasteiger partial charge in [0.15, 0.2) is 11.8 Å². The highest BCUT2D eigenvalue weighted by Crippen LogP contribution is 2.51. The van der Waals surface area contributed by atoms with E-state index in [1.165, 1.54) is 12.0 Å². The van der Waals surface area contributed by atoms with Crippen LogP contribution in [0.5, 0.6) is 0 Å². The molecule has 102 valence electrons. The molecule has 2 unspecified atom stereocenters. The van der Waals surface area contributed by atoms with E-state index >= 15 is 0 Å². The molecule has 0 aromatic rings. The standard InChI is InChI=1S/C12H19NO5/c1-5-16-10(15)12-6-9(17-8(2)14)13(12)18-11(3,4)7-12/h9H,5-7H2,1-4H3. The minimum Gasteiger partial charge on any atom is -0.465 e. The molecule has 2 heterocycles. The number of carbonyl (C=O) groups is 2. The number of hydroxylamine groups is 2. The van der Waals surface area contributed by atoms with Crippen LogP contribution >= 0.6 is 0 Å². The van der Waals surface area contributed by atoms with Gasteiger partial charge in [0, 0.05) is 19.8 Å². The maximum absolute atomic E-state index is 12.1. The van der Waals surface area contributed by atoms with Gasteiger partial charge in [-0.25, -0.2) is 4.79 Å². The molecule has 0 amide bonds. The Morgan fingerprint density at radius 1 is 1.44 bits per heavy atom. The summed E-state index contributed by atoms with van der Waals surface area (Å²) in [5, 5.41) is 1.48. The van der Waals surface area contributed by atoms with Crippen molar-refractivity contribution in [2.24, 2.45) is 0 Å². The third kappa shape index (κ3) is 1.99. The van der Waals surface area contributed by atoms with Gasteiger partial charge < -0.3 is 9.47 Å². The van der Waals surface area contributed by atoms with Gasteiger partial charge in [0.1, 0.15) is 0 Å². The van der Waals surface area contributed by atoms with E-state index < -0.39 is 17.4 Å². The monoisotopic (exact) mass is 257 g/mol. The maximum Gasteiger partial charge on any atom is 0.329 e. The third-order valence-electron chi connectivity index (χ3n) is 3.22. The van der Waals surface area contributed by atoms with Crippen LogP contribution in [0.2, 0.25) is 0 Å². The highest BCUT2D eigenvalue weighted by Gasteiger charge is 2.68. The van der Waals surface area contributed by atoms with Crippen LogP contribution in [0, 0.1) is 0 Å². The largest absolute Gasteiger partial charge is 0.465 e. The van der Waals surface area contributed by atoms with Crippen LogP contribution < -0.4 is 0 Å². The number of hydrogen-bond donors (Lipinski definition) is 0. The van der Waals surface area contributed by atoms with E-state index in [1.807, 2.05) is 13.8 Å². The lowest BCUT2D eigenvalue weighted by atomic mass is 9.79. The Balaban J connectivity index is 2.15. The zero-order valence-corrected chi connectivity index (χ0v) is 11.2. The lowest BCUT2D eigenvalue weighted by Gasteiger charge is -2.48. The molecule has 6 heteroatoms. The van der Waals surface area contributed by atoms with Crippen LogP contribution in [0.15, 0.2) is 0 Å². The van der Waals surface area contributed by atoms with E-state index in [0.717, 1.165) is 0 Å². The topological polar surface area (TPSA) is 65.1 Å². The Morgan fingerprint density at radius 2 is 2.11 bits per heavy atom. The summed E-state index contributed by atoms with van der Waals surface area (Å²) < 4.78 is 10.2. The Labute approximate surface area is 106 Å². The SMILES string of the molecule is CCOC(=O)C12CC(OC(C)=O)N1OC(C)(C)C2. The van der Waals surface area contributed by atoms with Crippen LogP contribution in [-0.4, -0.2) is 41.0 Å². The molecule has 0 saturated carbocycles. The van der Waals surface area contributed by atoms with Crippen molar-refractivity contribution in [1.82, 2.24) is 5.06 Å². The predicted octanol–water partition coefficient (Wildman–Crippen LogP) is 0.997. The first kappa shape index (κ1) is 13.3. The van der Waals surface area contributed by atoms with Crippen molar-refractivity contribution >= 4 is 11.9 Å². The fraction of sp³-hybridized carbons (Fsp3) is 0.833. The van der Waals surface area contributed by atoms with Crippen molar-refractivity contribution in [3.63, 3.8) is 0 Å². The van der Waals surface area contributed by atoms with Crippen molar-refractivity contribution in [2.45, 2.75) is 57.9 Å². The Kier molecular flexibility index (Phi) is 3.11. The normalized spacial score (nSPS) is 33.4. The minimum absolute atomic E-state index is 0.307. The van der Waals surface area contributed by atoms with Crippen molar-refractivity contribution in [3.8, 4) is 0 Å². The zero-order chi connectivity index (χ0) is 13.6. The molecule has 2 fully saturated rings. The molecule has 0 aliphatic carbocycles. The van der Waals surface area contributed by atoms with Crippen LogP contribution in [-0.2, 0) is 23.9 Å². The van der Waals surface area contributed by atoms with Gasteiger partial charge in [-0.2, -0.15) is 0 Å². The highest BCUT2D eigenvalue weighted by molar-refractivity contribution is 5.83.